The van der Waals surface area contributed by atoms with E-state index in [4.69, 9.17) is 0 Å². The molecule has 2 heterocycles. The third kappa shape index (κ3) is 4.55. The molecule has 230 valence electrons. The number of thiophene rings is 1. The fraction of sp³-hybridized carbons (Fsp3) is 0. The number of hydrogen-bond donors (Lipinski definition) is 0. The Morgan fingerprint density at radius 3 is 1.96 bits per heavy atom. The van der Waals surface area contributed by atoms with E-state index in [0.29, 0.717) is 0 Å². The minimum absolute atomic E-state index is 1.11. The van der Waals surface area contributed by atoms with Crippen molar-refractivity contribution in [3.63, 3.8) is 0 Å². The van der Waals surface area contributed by atoms with Crippen molar-refractivity contribution in [2.24, 2.45) is 0 Å². The highest BCUT2D eigenvalue weighted by molar-refractivity contribution is 7.25. The van der Waals surface area contributed by atoms with Gasteiger partial charge in [0.2, 0.25) is 0 Å². The van der Waals surface area contributed by atoms with Crippen LogP contribution in [0.25, 0.3) is 69.6 Å². The van der Waals surface area contributed by atoms with Gasteiger partial charge in [-0.1, -0.05) is 115 Å². The molecule has 8 aromatic carbocycles. The lowest BCUT2D eigenvalue weighted by molar-refractivity contribution is 1.18. The van der Waals surface area contributed by atoms with E-state index < -0.39 is 0 Å². The van der Waals surface area contributed by atoms with E-state index in [1.165, 1.54) is 63.9 Å². The fourth-order valence-electron chi connectivity index (χ4n) is 7.51. The number of nitrogens with zero attached hydrogens (tertiary/aromatic N) is 2. The smallest absolute Gasteiger partial charge is 0.0561 e. The number of aromatic nitrogens is 1. The van der Waals surface area contributed by atoms with Crippen molar-refractivity contribution in [1.29, 1.82) is 0 Å². The second-order valence-corrected chi connectivity index (χ2v) is 13.7. The Bertz CT molecular complexity index is 2830. The first-order valence-electron chi connectivity index (χ1n) is 16.7. The standard InChI is InChI=1S/C46H30N2S/c1-3-13-31(14-4-1)37-17-7-10-20-42(37)47(35-24-23-32-28-41-40-19-9-12-22-45(40)49-46(41)29-33(32)27-35)36-25-26-39-38-18-8-11-21-43(38)48(44(39)30-36)34-15-5-2-6-16-34/h1-30H. The summed E-state index contributed by atoms with van der Waals surface area (Å²) in [6, 6.07) is 66.2. The van der Waals surface area contributed by atoms with Gasteiger partial charge in [0, 0.05) is 53.6 Å². The predicted molar refractivity (Wildman–Crippen MR) is 211 cm³/mol. The highest BCUT2D eigenvalue weighted by Crippen LogP contribution is 2.44. The maximum absolute atomic E-state index is 2.43. The van der Waals surface area contributed by atoms with Crippen LogP contribution < -0.4 is 4.90 Å². The Labute approximate surface area is 288 Å². The number of para-hydroxylation sites is 3. The van der Waals surface area contributed by atoms with E-state index in [0.717, 1.165) is 22.7 Å². The number of fused-ring (bicyclic) bond motifs is 7. The zero-order valence-electron chi connectivity index (χ0n) is 26.6. The van der Waals surface area contributed by atoms with Gasteiger partial charge in [-0.2, -0.15) is 0 Å². The lowest BCUT2D eigenvalue weighted by atomic mass is 10.0. The molecule has 0 fully saturated rings. The minimum atomic E-state index is 1.11. The third-order valence-electron chi connectivity index (χ3n) is 9.74. The number of anilines is 3. The zero-order valence-corrected chi connectivity index (χ0v) is 27.4. The Balaban J connectivity index is 1.24. The van der Waals surface area contributed by atoms with Crippen LogP contribution in [0.3, 0.4) is 0 Å². The van der Waals surface area contributed by atoms with Crippen molar-refractivity contribution in [3.8, 4) is 16.8 Å². The molecule has 0 radical (unpaired) electrons. The van der Waals surface area contributed by atoms with Crippen molar-refractivity contribution in [3.05, 3.63) is 182 Å². The average Bonchev–Trinajstić information content (AvgIpc) is 3.69. The molecular weight excluding hydrogens is 613 g/mol. The van der Waals surface area contributed by atoms with Crippen LogP contribution in [-0.2, 0) is 0 Å². The molecule has 3 heteroatoms. The van der Waals surface area contributed by atoms with Crippen molar-refractivity contribution in [1.82, 2.24) is 4.57 Å². The SMILES string of the molecule is c1ccc(-c2ccccc2N(c2ccc3cc4c(cc3c2)sc2ccccc24)c2ccc3c4ccccc4n(-c4ccccc4)c3c2)cc1. The number of benzene rings is 8. The summed E-state index contributed by atoms with van der Waals surface area (Å²) in [6.07, 6.45) is 0. The largest absolute Gasteiger partial charge is 0.310 e. The molecule has 0 N–H and O–H groups in total. The van der Waals surface area contributed by atoms with E-state index in [1.54, 1.807) is 0 Å². The Morgan fingerprint density at radius 1 is 0.408 bits per heavy atom. The van der Waals surface area contributed by atoms with Gasteiger partial charge < -0.3 is 9.47 Å². The van der Waals surface area contributed by atoms with E-state index in [-0.39, 0.29) is 0 Å². The molecule has 0 aliphatic heterocycles. The van der Waals surface area contributed by atoms with E-state index in [2.05, 4.69) is 191 Å². The number of hydrogen-bond acceptors (Lipinski definition) is 2. The highest BCUT2D eigenvalue weighted by atomic mass is 32.1. The average molecular weight is 643 g/mol. The molecule has 2 aromatic heterocycles. The third-order valence-corrected chi connectivity index (χ3v) is 10.9. The molecule has 49 heavy (non-hydrogen) atoms. The minimum Gasteiger partial charge on any atom is -0.310 e. The van der Waals surface area contributed by atoms with Gasteiger partial charge in [0.25, 0.3) is 0 Å². The molecule has 10 aromatic rings. The molecule has 0 aliphatic rings. The predicted octanol–water partition coefficient (Wildman–Crippen LogP) is 13.4. The molecule has 10 rings (SSSR count). The van der Waals surface area contributed by atoms with Crippen LogP contribution in [0.1, 0.15) is 0 Å². The maximum Gasteiger partial charge on any atom is 0.0561 e. The van der Waals surface area contributed by atoms with E-state index in [9.17, 15) is 0 Å². The van der Waals surface area contributed by atoms with Crippen LogP contribution in [0.4, 0.5) is 17.1 Å². The summed E-state index contributed by atoms with van der Waals surface area (Å²) >= 11 is 1.87. The topological polar surface area (TPSA) is 8.17 Å². The Kier molecular flexibility index (Phi) is 6.39. The van der Waals surface area contributed by atoms with Gasteiger partial charge in [-0.05, 0) is 83.1 Å². The first-order valence-corrected chi connectivity index (χ1v) is 17.5. The molecule has 0 saturated carbocycles. The summed E-state index contributed by atoms with van der Waals surface area (Å²) in [5.74, 6) is 0. The van der Waals surface area contributed by atoms with Crippen molar-refractivity contribution < 1.29 is 0 Å². The molecule has 0 saturated heterocycles. The quantitative estimate of drug-likeness (QED) is 0.181. The first-order chi connectivity index (χ1) is 24.3. The second-order valence-electron chi connectivity index (χ2n) is 12.6. The van der Waals surface area contributed by atoms with Gasteiger partial charge in [-0.25, -0.2) is 0 Å². The fourth-order valence-corrected chi connectivity index (χ4v) is 8.64. The van der Waals surface area contributed by atoms with Crippen molar-refractivity contribution >= 4 is 81.1 Å². The van der Waals surface area contributed by atoms with E-state index in [1.807, 2.05) is 11.3 Å². The Morgan fingerprint density at radius 2 is 1.08 bits per heavy atom. The molecule has 0 amide bonds. The van der Waals surface area contributed by atoms with Crippen LogP contribution in [0, 0.1) is 0 Å². The van der Waals surface area contributed by atoms with Gasteiger partial charge in [0.05, 0.1) is 16.7 Å². The molecular formula is C46H30N2S. The molecule has 2 nitrogen and oxygen atoms in total. The molecule has 0 unspecified atom stereocenters. The van der Waals surface area contributed by atoms with Crippen LogP contribution in [0.2, 0.25) is 0 Å². The van der Waals surface area contributed by atoms with Gasteiger partial charge >= 0.3 is 0 Å². The van der Waals surface area contributed by atoms with Crippen LogP contribution >= 0.6 is 11.3 Å². The van der Waals surface area contributed by atoms with Crippen LogP contribution in [-0.4, -0.2) is 4.57 Å². The molecule has 0 aliphatic carbocycles. The maximum atomic E-state index is 2.43. The van der Waals surface area contributed by atoms with Gasteiger partial charge in [0.1, 0.15) is 0 Å². The lowest BCUT2D eigenvalue weighted by Crippen LogP contribution is -2.11. The molecule has 0 bridgehead atoms. The van der Waals surface area contributed by atoms with E-state index >= 15 is 0 Å². The summed E-state index contributed by atoms with van der Waals surface area (Å²) in [6.45, 7) is 0. The first kappa shape index (κ1) is 27.9. The highest BCUT2D eigenvalue weighted by Gasteiger charge is 2.20. The molecule has 0 spiro atoms. The number of rotatable bonds is 5. The van der Waals surface area contributed by atoms with Gasteiger partial charge in [-0.3, -0.25) is 0 Å². The summed E-state index contributed by atoms with van der Waals surface area (Å²) in [5.41, 5.74) is 9.28. The lowest BCUT2D eigenvalue weighted by Gasteiger charge is -2.28. The summed E-state index contributed by atoms with van der Waals surface area (Å²) in [4.78, 5) is 2.43. The second kappa shape index (κ2) is 11.2. The zero-order chi connectivity index (χ0) is 32.3. The van der Waals surface area contributed by atoms with Gasteiger partial charge in [0.15, 0.2) is 0 Å². The molecule has 0 atom stereocenters. The Hall–Kier alpha value is -6.16. The monoisotopic (exact) mass is 642 g/mol. The van der Waals surface area contributed by atoms with Crippen molar-refractivity contribution in [2.45, 2.75) is 0 Å². The normalized spacial score (nSPS) is 11.7. The summed E-state index contributed by atoms with van der Waals surface area (Å²) < 4.78 is 5.04. The van der Waals surface area contributed by atoms with Crippen LogP contribution in [0.5, 0.6) is 0 Å². The summed E-state index contributed by atoms with van der Waals surface area (Å²) in [7, 11) is 0. The van der Waals surface area contributed by atoms with Crippen LogP contribution in [0.15, 0.2) is 182 Å². The summed E-state index contributed by atoms with van der Waals surface area (Å²) in [5, 5.41) is 7.63. The van der Waals surface area contributed by atoms with Gasteiger partial charge in [-0.15, -0.1) is 11.3 Å². The van der Waals surface area contributed by atoms with Crippen molar-refractivity contribution in [2.75, 3.05) is 4.90 Å².